The van der Waals surface area contributed by atoms with Crippen molar-refractivity contribution in [2.24, 2.45) is 5.92 Å². The number of hydrogen-bond donors (Lipinski definition) is 0. The molecule has 4 atom stereocenters. The minimum atomic E-state index is -0.773. The second-order valence-corrected chi connectivity index (χ2v) is 12.6. The predicted molar refractivity (Wildman–Crippen MR) is 162 cm³/mol. The number of esters is 1. The van der Waals surface area contributed by atoms with E-state index in [1.54, 1.807) is 24.8 Å². The fourth-order valence-electron chi connectivity index (χ4n) is 5.41. The number of nitrogens with zero attached hydrogens (tertiary/aromatic N) is 1. The number of β-lactam (4-membered cyclic amide) rings is 1. The molecule has 0 spiro atoms. The van der Waals surface area contributed by atoms with Crippen molar-refractivity contribution in [1.82, 2.24) is 4.90 Å². The van der Waals surface area contributed by atoms with E-state index in [-0.39, 0.29) is 41.7 Å². The van der Waals surface area contributed by atoms with Gasteiger partial charge in [-0.05, 0) is 29.2 Å². The molecule has 3 aromatic rings. The van der Waals surface area contributed by atoms with E-state index >= 15 is 0 Å². The number of ketones is 1. The Bertz CT molecular complexity index is 1500. The minimum Gasteiger partial charge on any atom is -0.448 e. The molecule has 42 heavy (non-hydrogen) atoms. The molecule has 214 valence electrons. The highest BCUT2D eigenvalue weighted by Gasteiger charge is 2.54. The van der Waals surface area contributed by atoms with Gasteiger partial charge in [0.05, 0.1) is 11.3 Å². The van der Waals surface area contributed by atoms with Crippen molar-refractivity contribution in [2.75, 3.05) is 5.75 Å². The lowest BCUT2D eigenvalue weighted by Crippen LogP contribution is -2.62. The van der Waals surface area contributed by atoms with Crippen LogP contribution < -0.4 is 0 Å². The fraction of sp³-hybridized carbons (Fsp3) is 0.265. The third-order valence-corrected chi connectivity index (χ3v) is 9.37. The number of epoxide rings is 1. The summed E-state index contributed by atoms with van der Waals surface area (Å²) in [7, 11) is 0. The number of carbonyl (C=O) groups excluding carboxylic acids is 3. The third-order valence-electron chi connectivity index (χ3n) is 7.70. The second-order valence-electron chi connectivity index (χ2n) is 10.8. The van der Waals surface area contributed by atoms with Crippen molar-refractivity contribution in [3.63, 3.8) is 0 Å². The van der Waals surface area contributed by atoms with Gasteiger partial charge in [-0.25, -0.2) is 4.79 Å². The van der Waals surface area contributed by atoms with Gasteiger partial charge in [0.2, 0.25) is 5.91 Å². The first-order valence-corrected chi connectivity index (χ1v) is 15.3. The van der Waals surface area contributed by atoms with Crippen LogP contribution in [-0.4, -0.2) is 44.9 Å². The van der Waals surface area contributed by atoms with Crippen molar-refractivity contribution >= 4 is 41.0 Å². The van der Waals surface area contributed by atoms with Gasteiger partial charge in [-0.3, -0.25) is 14.5 Å². The molecule has 3 aliphatic rings. The quantitative estimate of drug-likeness (QED) is 0.119. The van der Waals surface area contributed by atoms with Gasteiger partial charge in [0, 0.05) is 18.6 Å². The number of carbonyl (C=O) groups is 3. The average Bonchev–Trinajstić information content (AvgIpc) is 3.64. The maximum Gasteiger partial charge on any atom is 0.356 e. The second kappa shape index (κ2) is 11.9. The molecule has 2 saturated heterocycles. The Morgan fingerprint density at radius 1 is 1.02 bits per heavy atom. The third kappa shape index (κ3) is 5.95. The first-order valence-electron chi connectivity index (χ1n) is 13.9. The zero-order chi connectivity index (χ0) is 29.3. The highest BCUT2D eigenvalue weighted by Crippen LogP contribution is 2.47. The number of thioether (sulfide) groups is 1. The standard InChI is InChI=1S/C34H30ClNO5S/c1-34(35)28(41-34)18-17-25-21-42-32-27(20-26(37)19-22-11-5-2-6-12-22)31(38)36(32)29(25)33(39)40-30(23-13-7-3-8-14-23)24-15-9-4-10-16-24/h2-18,27-28,30,32H,19-21H2,1H3/b18-17+/t27-,28?,32?,34?/m1/s1. The first-order chi connectivity index (χ1) is 20.3. The van der Waals surface area contributed by atoms with Crippen LogP contribution in [0.15, 0.2) is 114 Å². The van der Waals surface area contributed by atoms with Crippen LogP contribution in [-0.2, 0) is 30.3 Å². The minimum absolute atomic E-state index is 0.000835. The highest BCUT2D eigenvalue weighted by atomic mass is 35.5. The normalized spacial score (nSPS) is 24.9. The van der Waals surface area contributed by atoms with Crippen molar-refractivity contribution in [3.05, 3.63) is 131 Å². The Hall–Kier alpha value is -3.65. The lowest BCUT2D eigenvalue weighted by molar-refractivity contribution is -0.157. The maximum absolute atomic E-state index is 14.0. The summed E-state index contributed by atoms with van der Waals surface area (Å²) < 4.78 is 11.7. The summed E-state index contributed by atoms with van der Waals surface area (Å²) in [6, 6.07) is 28.6. The SMILES string of the molecule is CC1(Cl)OC1/C=C/C1=C(C(=O)OC(c2ccccc2)c2ccccc2)N2C(=O)[C@@H](CC(=O)Cc3ccccc3)C2SC1. The van der Waals surface area contributed by atoms with Crippen LogP contribution in [0.3, 0.4) is 0 Å². The predicted octanol–water partition coefficient (Wildman–Crippen LogP) is 6.22. The number of alkyl halides is 1. The summed E-state index contributed by atoms with van der Waals surface area (Å²) in [4.78, 5) is 42.0. The largest absolute Gasteiger partial charge is 0.448 e. The smallest absolute Gasteiger partial charge is 0.356 e. The number of fused-ring (bicyclic) bond motifs is 1. The average molecular weight is 600 g/mol. The van der Waals surface area contributed by atoms with E-state index in [2.05, 4.69) is 0 Å². The molecule has 3 heterocycles. The first kappa shape index (κ1) is 28.5. The van der Waals surface area contributed by atoms with Gasteiger partial charge in [-0.2, -0.15) is 0 Å². The monoisotopic (exact) mass is 599 g/mol. The Balaban J connectivity index is 1.27. The molecule has 3 aliphatic heterocycles. The van der Waals surface area contributed by atoms with Crippen LogP contribution in [0.4, 0.5) is 0 Å². The molecule has 0 saturated carbocycles. The zero-order valence-electron chi connectivity index (χ0n) is 23.0. The molecule has 1 amide bonds. The molecule has 2 fully saturated rings. The van der Waals surface area contributed by atoms with E-state index in [0.29, 0.717) is 11.3 Å². The Kier molecular flexibility index (Phi) is 8.08. The number of rotatable bonds is 10. The molecule has 8 heteroatoms. The zero-order valence-corrected chi connectivity index (χ0v) is 24.6. The number of amides is 1. The maximum atomic E-state index is 14.0. The Morgan fingerprint density at radius 3 is 2.17 bits per heavy atom. The van der Waals surface area contributed by atoms with E-state index in [1.807, 2.05) is 97.1 Å². The van der Waals surface area contributed by atoms with Crippen LogP contribution in [0.2, 0.25) is 0 Å². The van der Waals surface area contributed by atoms with E-state index < -0.39 is 23.1 Å². The lowest BCUT2D eigenvalue weighted by atomic mass is 9.89. The number of benzene rings is 3. The summed E-state index contributed by atoms with van der Waals surface area (Å²) in [5, 5.41) is -1.09. The molecule has 0 aromatic heterocycles. The van der Waals surface area contributed by atoms with Crippen LogP contribution in [0.25, 0.3) is 0 Å². The topological polar surface area (TPSA) is 76.2 Å². The molecule has 3 unspecified atom stereocenters. The molecule has 0 bridgehead atoms. The van der Waals surface area contributed by atoms with Gasteiger partial charge < -0.3 is 9.47 Å². The highest BCUT2D eigenvalue weighted by molar-refractivity contribution is 8.00. The number of ether oxygens (including phenoxy) is 2. The van der Waals surface area contributed by atoms with Crippen molar-refractivity contribution in [3.8, 4) is 0 Å². The molecule has 0 radical (unpaired) electrons. The van der Waals surface area contributed by atoms with E-state index in [9.17, 15) is 14.4 Å². The molecule has 6 nitrogen and oxygen atoms in total. The van der Waals surface area contributed by atoms with Crippen LogP contribution in [0.5, 0.6) is 0 Å². The van der Waals surface area contributed by atoms with Crippen molar-refractivity contribution in [1.29, 1.82) is 0 Å². The summed E-state index contributed by atoms with van der Waals surface area (Å²) in [5.74, 6) is -0.848. The van der Waals surface area contributed by atoms with Gasteiger partial charge in [0.15, 0.2) is 11.2 Å². The number of allylic oxidation sites excluding steroid dienone is 1. The van der Waals surface area contributed by atoms with E-state index in [4.69, 9.17) is 21.1 Å². The van der Waals surface area contributed by atoms with E-state index in [0.717, 1.165) is 16.7 Å². The van der Waals surface area contributed by atoms with Crippen molar-refractivity contribution in [2.45, 2.75) is 42.4 Å². The summed E-state index contributed by atoms with van der Waals surface area (Å²) in [6.07, 6.45) is 3.07. The number of Topliss-reactive ketones (excluding diaryl/α,β-unsaturated/α-hetero) is 1. The van der Waals surface area contributed by atoms with Crippen LogP contribution >= 0.6 is 23.4 Å². The van der Waals surface area contributed by atoms with Gasteiger partial charge in [0.25, 0.3) is 0 Å². The van der Waals surface area contributed by atoms with Gasteiger partial charge in [-0.15, -0.1) is 11.8 Å². The molecule has 6 rings (SSSR count). The molecular formula is C34H30ClNO5S. The summed E-state index contributed by atoms with van der Waals surface area (Å²) >= 11 is 7.81. The number of hydrogen-bond acceptors (Lipinski definition) is 6. The van der Waals surface area contributed by atoms with Crippen LogP contribution in [0.1, 0.15) is 36.1 Å². The fourth-order valence-corrected chi connectivity index (χ4v) is 6.97. The lowest BCUT2D eigenvalue weighted by Gasteiger charge is -2.49. The molecular weight excluding hydrogens is 570 g/mol. The van der Waals surface area contributed by atoms with Gasteiger partial charge in [0.1, 0.15) is 17.6 Å². The van der Waals surface area contributed by atoms with E-state index in [1.165, 1.54) is 4.90 Å². The van der Waals surface area contributed by atoms with Gasteiger partial charge >= 0.3 is 5.97 Å². The van der Waals surface area contributed by atoms with Crippen LogP contribution in [0, 0.1) is 5.92 Å². The molecule has 0 N–H and O–H groups in total. The van der Waals surface area contributed by atoms with Gasteiger partial charge in [-0.1, -0.05) is 115 Å². The molecule has 3 aromatic carbocycles. The Morgan fingerprint density at radius 2 is 1.60 bits per heavy atom. The summed E-state index contributed by atoms with van der Waals surface area (Å²) in [5.41, 5.74) is 3.42. The molecule has 0 aliphatic carbocycles. The Labute approximate surface area is 254 Å². The summed E-state index contributed by atoms with van der Waals surface area (Å²) in [6.45, 7) is 1.78. The van der Waals surface area contributed by atoms with Crippen molar-refractivity contribution < 1.29 is 23.9 Å². The number of halogens is 1.